The Morgan fingerprint density at radius 2 is 2.04 bits per heavy atom. The van der Waals surface area contributed by atoms with Gasteiger partial charge in [-0.25, -0.2) is 8.42 Å². The molecule has 1 fully saturated rings. The van der Waals surface area contributed by atoms with Crippen molar-refractivity contribution in [3.8, 4) is 0 Å². The first-order chi connectivity index (χ1) is 11.5. The summed E-state index contributed by atoms with van der Waals surface area (Å²) in [5.41, 5.74) is 2.01. The molecule has 1 saturated carbocycles. The first kappa shape index (κ1) is 15.8. The van der Waals surface area contributed by atoms with Crippen LogP contribution in [0.1, 0.15) is 49.9 Å². The third kappa shape index (κ3) is 2.77. The molecule has 3 heterocycles. The smallest absolute Gasteiger partial charge is 0.246 e. The lowest BCUT2D eigenvalue weighted by molar-refractivity contribution is 0.361. The summed E-state index contributed by atoms with van der Waals surface area (Å²) < 4.78 is 29.6. The molecule has 7 nitrogen and oxygen atoms in total. The van der Waals surface area contributed by atoms with Gasteiger partial charge in [0.1, 0.15) is 4.90 Å². The second kappa shape index (κ2) is 6.00. The molecular weight excluding hydrogens is 326 g/mol. The number of hydrogen-bond donors (Lipinski definition) is 1. The summed E-state index contributed by atoms with van der Waals surface area (Å²) in [6.07, 6.45) is 10.3. The summed E-state index contributed by atoms with van der Waals surface area (Å²) in [5.74, 6) is 0.242. The van der Waals surface area contributed by atoms with Crippen molar-refractivity contribution in [2.75, 3.05) is 6.54 Å². The quantitative estimate of drug-likeness (QED) is 0.920. The van der Waals surface area contributed by atoms with E-state index in [4.69, 9.17) is 0 Å². The zero-order valence-corrected chi connectivity index (χ0v) is 14.7. The van der Waals surface area contributed by atoms with Gasteiger partial charge in [-0.2, -0.15) is 14.5 Å². The molecule has 0 unspecified atom stereocenters. The van der Waals surface area contributed by atoms with Gasteiger partial charge in [0, 0.05) is 30.5 Å². The standard InChI is InChI=1S/C16H23N5O2S/c1-12-6-16-13(7-17-19-16)10-20(9-12)24(22,23)15-8-18-21(11-15)14-4-2-3-5-14/h7-8,11-12,14H,2-6,9-10H2,1H3,(H,17,19)/t12-/m0/s1. The highest BCUT2D eigenvalue weighted by Gasteiger charge is 2.32. The van der Waals surface area contributed by atoms with Gasteiger partial charge in [-0.3, -0.25) is 9.78 Å². The SMILES string of the molecule is C[C@H]1Cc2[nH]ncc2CN(S(=O)(=O)c2cnn(C3CCCC3)c2)C1. The highest BCUT2D eigenvalue weighted by atomic mass is 32.2. The molecule has 1 N–H and O–H groups in total. The van der Waals surface area contributed by atoms with Crippen LogP contribution in [0, 0.1) is 5.92 Å². The second-order valence-electron chi connectivity index (χ2n) is 7.07. The van der Waals surface area contributed by atoms with Crippen molar-refractivity contribution >= 4 is 10.0 Å². The van der Waals surface area contributed by atoms with Crippen LogP contribution in [0.5, 0.6) is 0 Å². The highest BCUT2D eigenvalue weighted by Crippen LogP contribution is 2.30. The predicted octanol–water partition coefficient (Wildman–Crippen LogP) is 2.10. The minimum absolute atomic E-state index is 0.242. The fourth-order valence-electron chi connectivity index (χ4n) is 3.82. The molecule has 2 aromatic rings. The van der Waals surface area contributed by atoms with E-state index in [1.54, 1.807) is 16.7 Å². The van der Waals surface area contributed by atoms with Crippen molar-refractivity contribution in [3.63, 3.8) is 0 Å². The van der Waals surface area contributed by atoms with Gasteiger partial charge < -0.3 is 0 Å². The molecule has 0 radical (unpaired) electrons. The van der Waals surface area contributed by atoms with Crippen LogP contribution in [0.15, 0.2) is 23.5 Å². The average molecular weight is 349 g/mol. The van der Waals surface area contributed by atoms with Crippen LogP contribution in [0.4, 0.5) is 0 Å². The number of hydrogen-bond acceptors (Lipinski definition) is 4. The number of nitrogens with one attached hydrogen (secondary N) is 1. The zero-order chi connectivity index (χ0) is 16.7. The van der Waals surface area contributed by atoms with Crippen LogP contribution in [0.2, 0.25) is 0 Å². The van der Waals surface area contributed by atoms with Crippen LogP contribution in [-0.4, -0.2) is 39.2 Å². The maximum atomic E-state index is 13.1. The molecule has 0 spiro atoms. The Kier molecular flexibility index (Phi) is 3.96. The van der Waals surface area contributed by atoms with E-state index in [-0.39, 0.29) is 5.92 Å². The molecule has 0 saturated heterocycles. The molecule has 1 aliphatic heterocycles. The molecule has 1 atom stereocenters. The number of aromatic nitrogens is 4. The van der Waals surface area contributed by atoms with Crippen LogP contribution >= 0.6 is 0 Å². The van der Waals surface area contributed by atoms with E-state index in [0.717, 1.165) is 30.5 Å². The Balaban J connectivity index is 1.62. The monoisotopic (exact) mass is 349 g/mol. The molecular formula is C16H23N5O2S. The molecule has 0 bridgehead atoms. The number of sulfonamides is 1. The van der Waals surface area contributed by atoms with E-state index in [9.17, 15) is 8.42 Å². The van der Waals surface area contributed by atoms with E-state index in [2.05, 4.69) is 22.2 Å². The van der Waals surface area contributed by atoms with Gasteiger partial charge in [0.05, 0.1) is 18.4 Å². The largest absolute Gasteiger partial charge is 0.282 e. The van der Waals surface area contributed by atoms with E-state index in [1.807, 2.05) is 4.68 Å². The Labute approximate surface area is 142 Å². The van der Waals surface area contributed by atoms with Crippen LogP contribution in [-0.2, 0) is 23.0 Å². The molecule has 2 aromatic heterocycles. The second-order valence-corrected chi connectivity index (χ2v) is 9.01. The Hall–Kier alpha value is -1.67. The zero-order valence-electron chi connectivity index (χ0n) is 13.9. The number of fused-ring (bicyclic) bond motifs is 1. The Bertz CT molecular complexity index is 819. The lowest BCUT2D eigenvalue weighted by atomic mass is 10.1. The first-order valence-electron chi connectivity index (χ1n) is 8.59. The van der Waals surface area contributed by atoms with E-state index in [1.165, 1.54) is 19.0 Å². The average Bonchev–Trinajstić information content (AvgIpc) is 3.26. The molecule has 0 aromatic carbocycles. The fourth-order valence-corrected chi connectivity index (χ4v) is 5.30. The summed E-state index contributed by atoms with van der Waals surface area (Å²) in [7, 11) is -3.54. The third-order valence-electron chi connectivity index (χ3n) is 5.14. The van der Waals surface area contributed by atoms with Crippen LogP contribution in [0.3, 0.4) is 0 Å². The van der Waals surface area contributed by atoms with Gasteiger partial charge in [0.25, 0.3) is 0 Å². The first-order valence-corrected chi connectivity index (χ1v) is 10.0. The van der Waals surface area contributed by atoms with Crippen molar-refractivity contribution < 1.29 is 8.42 Å². The summed E-state index contributed by atoms with van der Waals surface area (Å²) in [4.78, 5) is 0.300. The lowest BCUT2D eigenvalue weighted by Gasteiger charge is -2.21. The minimum Gasteiger partial charge on any atom is -0.282 e. The number of aromatic amines is 1. The van der Waals surface area contributed by atoms with Gasteiger partial charge in [0.2, 0.25) is 10.0 Å². The topological polar surface area (TPSA) is 83.9 Å². The van der Waals surface area contributed by atoms with Crippen molar-refractivity contribution in [1.29, 1.82) is 0 Å². The fraction of sp³-hybridized carbons (Fsp3) is 0.625. The maximum Gasteiger partial charge on any atom is 0.246 e. The number of rotatable bonds is 3. The van der Waals surface area contributed by atoms with E-state index in [0.29, 0.717) is 24.0 Å². The lowest BCUT2D eigenvalue weighted by Crippen LogP contribution is -2.33. The molecule has 130 valence electrons. The van der Waals surface area contributed by atoms with Gasteiger partial charge in [-0.1, -0.05) is 19.8 Å². The number of H-pyrrole nitrogens is 1. The summed E-state index contributed by atoms with van der Waals surface area (Å²) in [6, 6.07) is 0.345. The van der Waals surface area contributed by atoms with Crippen LogP contribution < -0.4 is 0 Å². The van der Waals surface area contributed by atoms with E-state index >= 15 is 0 Å². The Morgan fingerprint density at radius 1 is 1.25 bits per heavy atom. The Morgan fingerprint density at radius 3 is 2.83 bits per heavy atom. The van der Waals surface area contributed by atoms with Gasteiger partial charge in [0.15, 0.2) is 0 Å². The van der Waals surface area contributed by atoms with Gasteiger partial charge >= 0.3 is 0 Å². The van der Waals surface area contributed by atoms with Gasteiger partial charge in [-0.05, 0) is 25.2 Å². The third-order valence-corrected chi connectivity index (χ3v) is 6.90. The molecule has 24 heavy (non-hydrogen) atoms. The van der Waals surface area contributed by atoms with Crippen molar-refractivity contribution in [2.45, 2.75) is 56.5 Å². The predicted molar refractivity (Wildman–Crippen MR) is 88.8 cm³/mol. The van der Waals surface area contributed by atoms with Crippen molar-refractivity contribution in [2.24, 2.45) is 5.92 Å². The minimum atomic E-state index is -3.54. The van der Waals surface area contributed by atoms with Crippen LogP contribution in [0.25, 0.3) is 0 Å². The molecule has 4 rings (SSSR count). The van der Waals surface area contributed by atoms with E-state index < -0.39 is 10.0 Å². The summed E-state index contributed by atoms with van der Waals surface area (Å²) >= 11 is 0. The number of nitrogens with zero attached hydrogens (tertiary/aromatic N) is 4. The molecule has 0 amide bonds. The van der Waals surface area contributed by atoms with Crippen molar-refractivity contribution in [3.05, 3.63) is 29.8 Å². The highest BCUT2D eigenvalue weighted by molar-refractivity contribution is 7.89. The summed E-state index contributed by atoms with van der Waals surface area (Å²) in [5, 5.41) is 11.4. The summed E-state index contributed by atoms with van der Waals surface area (Å²) in [6.45, 7) is 2.95. The normalized spacial score (nSPS) is 23.3. The molecule has 2 aliphatic rings. The molecule has 8 heteroatoms. The molecule has 1 aliphatic carbocycles. The van der Waals surface area contributed by atoms with Crippen molar-refractivity contribution in [1.82, 2.24) is 24.3 Å². The maximum absolute atomic E-state index is 13.1. The van der Waals surface area contributed by atoms with Gasteiger partial charge in [-0.15, -0.1) is 0 Å².